The molecule has 2 N–H and O–H groups in total. The molecule has 6 heteroatoms. The molecule has 106 valence electrons. The molecule has 0 spiro atoms. The minimum Gasteiger partial charge on any atom is -0.457 e. The minimum atomic E-state index is -4.41. The van der Waals surface area contributed by atoms with E-state index < -0.39 is 11.7 Å². The molecule has 0 saturated carbocycles. The smallest absolute Gasteiger partial charge is 0.416 e. The Morgan fingerprint density at radius 2 is 1.75 bits per heavy atom. The first-order valence-electron chi connectivity index (χ1n) is 5.74. The van der Waals surface area contributed by atoms with Gasteiger partial charge in [0.1, 0.15) is 11.5 Å². The molecule has 0 amide bonds. The molecule has 0 bridgehead atoms. The highest BCUT2D eigenvalue weighted by Gasteiger charge is 2.33. The van der Waals surface area contributed by atoms with Crippen LogP contribution in [0.4, 0.5) is 13.2 Å². The van der Waals surface area contributed by atoms with Crippen LogP contribution in [-0.4, -0.2) is 0 Å². The van der Waals surface area contributed by atoms with E-state index in [2.05, 4.69) is 15.9 Å². The van der Waals surface area contributed by atoms with Crippen LogP contribution in [0, 0.1) is 0 Å². The van der Waals surface area contributed by atoms with Crippen molar-refractivity contribution in [1.29, 1.82) is 0 Å². The van der Waals surface area contributed by atoms with Crippen LogP contribution in [0.25, 0.3) is 0 Å². The molecule has 0 atom stereocenters. The molecule has 0 aliphatic heterocycles. The lowest BCUT2D eigenvalue weighted by molar-refractivity contribution is -0.138. The van der Waals surface area contributed by atoms with Crippen molar-refractivity contribution in [3.05, 3.63) is 58.1 Å². The number of hydrogen-bond donors (Lipinski definition) is 1. The third kappa shape index (κ3) is 3.52. The van der Waals surface area contributed by atoms with Gasteiger partial charge in [-0.15, -0.1) is 0 Å². The summed E-state index contributed by atoms with van der Waals surface area (Å²) in [6.07, 6.45) is -4.41. The van der Waals surface area contributed by atoms with Gasteiger partial charge in [-0.3, -0.25) is 0 Å². The lowest BCUT2D eigenvalue weighted by Gasteiger charge is -2.13. The van der Waals surface area contributed by atoms with Crippen LogP contribution in [0.15, 0.2) is 46.9 Å². The Balaban J connectivity index is 2.30. The second-order valence-electron chi connectivity index (χ2n) is 4.08. The Labute approximate surface area is 122 Å². The maximum atomic E-state index is 12.7. The minimum absolute atomic E-state index is 0.00463. The van der Waals surface area contributed by atoms with Crippen LogP contribution < -0.4 is 10.5 Å². The molecule has 0 aromatic heterocycles. The first-order valence-corrected chi connectivity index (χ1v) is 6.53. The fourth-order valence-corrected chi connectivity index (χ4v) is 2.12. The van der Waals surface area contributed by atoms with Crippen molar-refractivity contribution >= 4 is 15.9 Å². The molecule has 0 aliphatic rings. The van der Waals surface area contributed by atoms with E-state index in [0.717, 1.165) is 10.5 Å². The number of rotatable bonds is 3. The summed E-state index contributed by atoms with van der Waals surface area (Å²) in [6.45, 7) is -0.204. The molecule has 0 radical (unpaired) electrons. The van der Waals surface area contributed by atoms with Gasteiger partial charge in [-0.1, -0.05) is 22.0 Å². The fourth-order valence-electron chi connectivity index (χ4n) is 1.75. The van der Waals surface area contributed by atoms with Gasteiger partial charge < -0.3 is 10.5 Å². The van der Waals surface area contributed by atoms with Gasteiger partial charge in [0.15, 0.2) is 0 Å². The van der Waals surface area contributed by atoms with E-state index in [1.807, 2.05) is 6.07 Å². The van der Waals surface area contributed by atoms with Crippen molar-refractivity contribution in [3.63, 3.8) is 0 Å². The standard InChI is InChI=1S/C14H11BrF3NO/c15-10-2-1-3-11(7-10)20-12-4-5-13(14(16,17)18)9(6-12)8-19/h1-7H,8,19H2. The molecule has 0 fully saturated rings. The Hall–Kier alpha value is -1.53. The molecule has 2 nitrogen and oxygen atoms in total. The van der Waals surface area contributed by atoms with Crippen molar-refractivity contribution in [2.24, 2.45) is 5.73 Å². The zero-order valence-corrected chi connectivity index (χ0v) is 11.8. The summed E-state index contributed by atoms with van der Waals surface area (Å²) in [6, 6.07) is 10.6. The molecule has 0 aliphatic carbocycles. The number of ether oxygens (including phenoxy) is 1. The van der Waals surface area contributed by atoms with Gasteiger partial charge in [-0.25, -0.2) is 0 Å². The van der Waals surface area contributed by atoms with E-state index in [1.54, 1.807) is 18.2 Å². The van der Waals surface area contributed by atoms with Crippen LogP contribution in [0.3, 0.4) is 0 Å². The summed E-state index contributed by atoms with van der Waals surface area (Å²) < 4.78 is 44.6. The van der Waals surface area contributed by atoms with Gasteiger partial charge in [0.25, 0.3) is 0 Å². The maximum Gasteiger partial charge on any atom is 0.416 e. The van der Waals surface area contributed by atoms with E-state index in [-0.39, 0.29) is 12.1 Å². The number of benzene rings is 2. The number of halogens is 4. The van der Waals surface area contributed by atoms with Crippen LogP contribution in [0.2, 0.25) is 0 Å². The van der Waals surface area contributed by atoms with Crippen molar-refractivity contribution in [1.82, 2.24) is 0 Å². The topological polar surface area (TPSA) is 35.2 Å². The Morgan fingerprint density at radius 3 is 2.35 bits per heavy atom. The lowest BCUT2D eigenvalue weighted by atomic mass is 10.1. The normalized spacial score (nSPS) is 11.4. The number of nitrogens with two attached hydrogens (primary N) is 1. The molecule has 0 heterocycles. The summed E-state index contributed by atoms with van der Waals surface area (Å²) in [5.41, 5.74) is 4.64. The van der Waals surface area contributed by atoms with E-state index in [1.165, 1.54) is 12.1 Å². The van der Waals surface area contributed by atoms with Crippen molar-refractivity contribution in [2.45, 2.75) is 12.7 Å². The molecule has 20 heavy (non-hydrogen) atoms. The zero-order chi connectivity index (χ0) is 14.8. The van der Waals surface area contributed by atoms with E-state index in [9.17, 15) is 13.2 Å². The molecular weight excluding hydrogens is 335 g/mol. The van der Waals surface area contributed by atoms with Gasteiger partial charge in [0.2, 0.25) is 0 Å². The van der Waals surface area contributed by atoms with Crippen LogP contribution in [0.1, 0.15) is 11.1 Å². The van der Waals surface area contributed by atoms with Crippen LogP contribution in [-0.2, 0) is 12.7 Å². The average Bonchev–Trinajstić information content (AvgIpc) is 2.37. The zero-order valence-electron chi connectivity index (χ0n) is 10.2. The van der Waals surface area contributed by atoms with Gasteiger partial charge in [0, 0.05) is 11.0 Å². The lowest BCUT2D eigenvalue weighted by Crippen LogP contribution is -2.11. The molecular formula is C14H11BrF3NO. The first-order chi connectivity index (χ1) is 9.40. The van der Waals surface area contributed by atoms with E-state index in [0.29, 0.717) is 11.5 Å². The summed E-state index contributed by atoms with van der Waals surface area (Å²) in [7, 11) is 0. The van der Waals surface area contributed by atoms with E-state index >= 15 is 0 Å². The predicted octanol–water partition coefficient (Wildman–Crippen LogP) is 4.72. The number of hydrogen-bond acceptors (Lipinski definition) is 2. The van der Waals surface area contributed by atoms with Crippen LogP contribution >= 0.6 is 15.9 Å². The SMILES string of the molecule is NCc1cc(Oc2cccc(Br)c2)ccc1C(F)(F)F. The summed E-state index contributed by atoms with van der Waals surface area (Å²) in [5, 5.41) is 0. The summed E-state index contributed by atoms with van der Waals surface area (Å²) in [5.74, 6) is 0.846. The average molecular weight is 346 g/mol. The van der Waals surface area contributed by atoms with Crippen molar-refractivity contribution in [2.75, 3.05) is 0 Å². The molecule has 2 rings (SSSR count). The van der Waals surface area contributed by atoms with Gasteiger partial charge in [0.05, 0.1) is 5.56 Å². The fraction of sp³-hybridized carbons (Fsp3) is 0.143. The molecule has 0 unspecified atom stereocenters. The first kappa shape index (κ1) is 14.9. The van der Waals surface area contributed by atoms with Crippen molar-refractivity contribution in [3.8, 4) is 11.5 Å². The largest absolute Gasteiger partial charge is 0.457 e. The van der Waals surface area contributed by atoms with Crippen molar-refractivity contribution < 1.29 is 17.9 Å². The second-order valence-corrected chi connectivity index (χ2v) is 5.00. The molecule has 2 aromatic rings. The number of alkyl halides is 3. The Bertz CT molecular complexity index is 614. The molecule has 2 aromatic carbocycles. The predicted molar refractivity (Wildman–Crippen MR) is 73.6 cm³/mol. The third-order valence-electron chi connectivity index (χ3n) is 2.63. The second kappa shape index (κ2) is 5.85. The highest BCUT2D eigenvalue weighted by atomic mass is 79.9. The third-order valence-corrected chi connectivity index (χ3v) is 3.13. The maximum absolute atomic E-state index is 12.7. The molecule has 0 saturated heterocycles. The highest BCUT2D eigenvalue weighted by Crippen LogP contribution is 2.34. The quantitative estimate of drug-likeness (QED) is 0.873. The van der Waals surface area contributed by atoms with Gasteiger partial charge in [-0.2, -0.15) is 13.2 Å². The monoisotopic (exact) mass is 345 g/mol. The Morgan fingerprint density at radius 1 is 1.05 bits per heavy atom. The summed E-state index contributed by atoms with van der Waals surface area (Å²) >= 11 is 3.29. The summed E-state index contributed by atoms with van der Waals surface area (Å²) in [4.78, 5) is 0. The van der Waals surface area contributed by atoms with Gasteiger partial charge in [-0.05, 0) is 42.0 Å². The highest BCUT2D eigenvalue weighted by molar-refractivity contribution is 9.10. The van der Waals surface area contributed by atoms with Gasteiger partial charge >= 0.3 is 6.18 Å². The van der Waals surface area contributed by atoms with E-state index in [4.69, 9.17) is 10.5 Å². The van der Waals surface area contributed by atoms with Crippen LogP contribution in [0.5, 0.6) is 11.5 Å². The Kier molecular flexibility index (Phi) is 4.35.